The molecule has 0 saturated heterocycles. The van der Waals surface area contributed by atoms with Gasteiger partial charge in [-0.1, -0.05) is 23.9 Å². The molecule has 0 aliphatic carbocycles. The molecule has 1 N–H and O–H groups in total. The number of hydrogen-bond donors (Lipinski definition) is 1. The van der Waals surface area contributed by atoms with Crippen molar-refractivity contribution in [3.8, 4) is 11.4 Å². The van der Waals surface area contributed by atoms with E-state index >= 15 is 0 Å². The van der Waals surface area contributed by atoms with Crippen LogP contribution in [0.4, 0.5) is 8.78 Å². The number of alkyl halides is 2. The van der Waals surface area contributed by atoms with E-state index in [1.165, 1.54) is 10.6 Å². The Morgan fingerprint density at radius 3 is 2.81 bits per heavy atom. The number of aromatic nitrogens is 3. The Balaban J connectivity index is 2.42. The molecule has 112 valence electrons. The maximum absolute atomic E-state index is 12.5. The molecule has 21 heavy (non-hydrogen) atoms. The molecule has 1 heterocycles. The third-order valence-electron chi connectivity index (χ3n) is 2.44. The highest BCUT2D eigenvalue weighted by Gasteiger charge is 2.17. The molecule has 0 amide bonds. The second-order valence-electron chi connectivity index (χ2n) is 3.89. The first-order chi connectivity index (χ1) is 9.99. The van der Waals surface area contributed by atoms with E-state index in [2.05, 4.69) is 14.9 Å². The van der Waals surface area contributed by atoms with Gasteiger partial charge in [-0.15, -0.1) is 10.2 Å². The van der Waals surface area contributed by atoms with Crippen LogP contribution >= 0.6 is 11.8 Å². The summed E-state index contributed by atoms with van der Waals surface area (Å²) in [5.41, 5.74) is 0.327. The molecule has 0 radical (unpaired) electrons. The van der Waals surface area contributed by atoms with E-state index in [-0.39, 0.29) is 11.5 Å². The van der Waals surface area contributed by atoms with E-state index in [9.17, 15) is 13.6 Å². The maximum Gasteiger partial charge on any atom is 0.387 e. The quantitative estimate of drug-likeness (QED) is 0.825. The topological polar surface area (TPSA) is 77.2 Å². The molecule has 0 saturated carbocycles. The molecular weight excluding hydrogens is 304 g/mol. The van der Waals surface area contributed by atoms with Gasteiger partial charge in [0, 0.05) is 0 Å². The summed E-state index contributed by atoms with van der Waals surface area (Å²) in [5.74, 6) is -0.819. The zero-order chi connectivity index (χ0) is 15.4. The molecule has 1 aromatic heterocycles. The Bertz CT molecular complexity index is 648. The van der Waals surface area contributed by atoms with Crippen LogP contribution in [0.3, 0.4) is 0 Å². The summed E-state index contributed by atoms with van der Waals surface area (Å²) in [5, 5.41) is 16.7. The molecule has 0 aliphatic heterocycles. The Morgan fingerprint density at radius 1 is 1.43 bits per heavy atom. The zero-order valence-corrected chi connectivity index (χ0v) is 11.7. The summed E-state index contributed by atoms with van der Waals surface area (Å²) < 4.78 is 30.8. The van der Waals surface area contributed by atoms with E-state index in [0.717, 1.165) is 11.8 Å². The lowest BCUT2D eigenvalue weighted by atomic mass is 10.3. The molecule has 1 aromatic carbocycles. The minimum Gasteiger partial charge on any atom is -0.481 e. The van der Waals surface area contributed by atoms with Crippen LogP contribution in [-0.4, -0.2) is 38.2 Å². The third-order valence-corrected chi connectivity index (χ3v) is 3.36. The molecule has 0 bridgehead atoms. The number of hydrogen-bond acceptors (Lipinski definition) is 5. The smallest absolute Gasteiger partial charge is 0.387 e. The van der Waals surface area contributed by atoms with Gasteiger partial charge in [-0.05, 0) is 19.1 Å². The number of carbonyl (C=O) groups is 1. The van der Waals surface area contributed by atoms with Crippen molar-refractivity contribution in [1.29, 1.82) is 0 Å². The molecule has 0 atom stereocenters. The van der Waals surface area contributed by atoms with Gasteiger partial charge in [0.1, 0.15) is 11.6 Å². The van der Waals surface area contributed by atoms with Crippen molar-refractivity contribution in [3.63, 3.8) is 0 Å². The average Bonchev–Trinajstić information content (AvgIpc) is 2.77. The minimum absolute atomic E-state index is 0.0347. The van der Waals surface area contributed by atoms with Crippen molar-refractivity contribution in [2.75, 3.05) is 5.75 Å². The lowest BCUT2D eigenvalue weighted by Gasteiger charge is -2.13. The first-order valence-electron chi connectivity index (χ1n) is 5.80. The minimum atomic E-state index is -2.96. The number of halogens is 2. The number of benzene rings is 1. The number of aliphatic carboxylic acids is 1. The van der Waals surface area contributed by atoms with Crippen LogP contribution in [-0.2, 0) is 4.79 Å². The molecule has 0 fully saturated rings. The lowest BCUT2D eigenvalue weighted by molar-refractivity contribution is -0.133. The number of thioether (sulfide) groups is 1. The van der Waals surface area contributed by atoms with E-state index < -0.39 is 12.6 Å². The number of nitrogens with zero attached hydrogens (tertiary/aromatic N) is 3. The first-order valence-corrected chi connectivity index (χ1v) is 6.78. The van der Waals surface area contributed by atoms with Crippen LogP contribution in [0, 0.1) is 6.92 Å². The third kappa shape index (κ3) is 3.69. The summed E-state index contributed by atoms with van der Waals surface area (Å²) in [6, 6.07) is 6.18. The summed E-state index contributed by atoms with van der Waals surface area (Å²) in [7, 11) is 0. The standard InChI is InChI=1S/C12H11F2N3O3S/c1-7-15-16-12(21-6-10(18)19)17(7)8-4-2-3-5-9(8)20-11(13)14/h2-5,11H,6H2,1H3,(H,18,19). The van der Waals surface area contributed by atoms with Gasteiger partial charge < -0.3 is 9.84 Å². The second-order valence-corrected chi connectivity index (χ2v) is 4.84. The van der Waals surface area contributed by atoms with Crippen molar-refractivity contribution in [3.05, 3.63) is 30.1 Å². The Labute approximate surface area is 122 Å². The van der Waals surface area contributed by atoms with Crippen LogP contribution in [0.25, 0.3) is 5.69 Å². The molecule has 0 unspecified atom stereocenters. The van der Waals surface area contributed by atoms with E-state index in [1.807, 2.05) is 0 Å². The Morgan fingerprint density at radius 2 is 2.14 bits per heavy atom. The fourth-order valence-electron chi connectivity index (χ4n) is 1.68. The lowest BCUT2D eigenvalue weighted by Crippen LogP contribution is -2.08. The number of carboxylic acid groups (broad SMARTS) is 1. The van der Waals surface area contributed by atoms with Gasteiger partial charge in [0.2, 0.25) is 0 Å². The van der Waals surface area contributed by atoms with Crippen LogP contribution in [0.1, 0.15) is 5.82 Å². The van der Waals surface area contributed by atoms with Gasteiger partial charge in [0.05, 0.1) is 11.4 Å². The highest BCUT2D eigenvalue weighted by atomic mass is 32.2. The van der Waals surface area contributed by atoms with Crippen LogP contribution in [0.2, 0.25) is 0 Å². The molecule has 0 aliphatic rings. The van der Waals surface area contributed by atoms with Crippen molar-refractivity contribution in [2.24, 2.45) is 0 Å². The summed E-state index contributed by atoms with van der Waals surface area (Å²) in [6.45, 7) is -1.32. The number of ether oxygens (including phenoxy) is 1. The van der Waals surface area contributed by atoms with Gasteiger partial charge in [-0.25, -0.2) is 0 Å². The Kier molecular flexibility index (Phi) is 4.73. The Hall–Kier alpha value is -2.16. The zero-order valence-electron chi connectivity index (χ0n) is 10.9. The number of para-hydroxylation sites is 2. The van der Waals surface area contributed by atoms with Gasteiger partial charge in [-0.2, -0.15) is 8.78 Å². The SMILES string of the molecule is Cc1nnc(SCC(=O)O)n1-c1ccccc1OC(F)F. The average molecular weight is 315 g/mol. The van der Waals surface area contributed by atoms with Crippen LogP contribution in [0.5, 0.6) is 5.75 Å². The van der Waals surface area contributed by atoms with Crippen LogP contribution in [0.15, 0.2) is 29.4 Å². The van der Waals surface area contributed by atoms with Gasteiger partial charge in [0.15, 0.2) is 5.16 Å². The monoisotopic (exact) mass is 315 g/mol. The molecule has 2 rings (SSSR count). The molecule has 0 spiro atoms. The van der Waals surface area contributed by atoms with E-state index in [4.69, 9.17) is 5.11 Å². The maximum atomic E-state index is 12.5. The van der Waals surface area contributed by atoms with Crippen LogP contribution < -0.4 is 4.74 Å². The fourth-order valence-corrected chi connectivity index (χ4v) is 2.39. The molecule has 2 aromatic rings. The van der Waals surface area contributed by atoms with Crippen molar-refractivity contribution in [1.82, 2.24) is 14.8 Å². The van der Waals surface area contributed by atoms with E-state index in [1.54, 1.807) is 25.1 Å². The molecule has 9 heteroatoms. The molecule has 6 nitrogen and oxygen atoms in total. The largest absolute Gasteiger partial charge is 0.481 e. The summed E-state index contributed by atoms with van der Waals surface area (Å²) in [6.07, 6.45) is 0. The summed E-state index contributed by atoms with van der Waals surface area (Å²) in [4.78, 5) is 10.6. The van der Waals surface area contributed by atoms with Crippen molar-refractivity contribution < 1.29 is 23.4 Å². The predicted octanol–water partition coefficient (Wildman–Crippen LogP) is 2.35. The van der Waals surface area contributed by atoms with Gasteiger partial charge >= 0.3 is 12.6 Å². The summed E-state index contributed by atoms with van der Waals surface area (Å²) >= 11 is 0.945. The van der Waals surface area contributed by atoms with Crippen molar-refractivity contribution >= 4 is 17.7 Å². The highest BCUT2D eigenvalue weighted by molar-refractivity contribution is 7.99. The molecular formula is C12H11F2N3O3S. The van der Waals surface area contributed by atoms with Gasteiger partial charge in [0.25, 0.3) is 0 Å². The van der Waals surface area contributed by atoms with Crippen molar-refractivity contribution in [2.45, 2.75) is 18.7 Å². The fraction of sp³-hybridized carbons (Fsp3) is 0.250. The predicted molar refractivity (Wildman–Crippen MR) is 71.1 cm³/mol. The van der Waals surface area contributed by atoms with E-state index in [0.29, 0.717) is 16.7 Å². The highest BCUT2D eigenvalue weighted by Crippen LogP contribution is 2.29. The second kappa shape index (κ2) is 6.53. The number of aryl methyl sites for hydroxylation is 1. The number of rotatable bonds is 6. The number of carboxylic acids is 1. The first kappa shape index (κ1) is 15.2. The van der Waals surface area contributed by atoms with Gasteiger partial charge in [-0.3, -0.25) is 9.36 Å². The normalized spacial score (nSPS) is 10.9.